The molecule has 3 rings (SSSR count). The normalized spacial score (nSPS) is 16.1. The zero-order valence-corrected chi connectivity index (χ0v) is 14.7. The van der Waals surface area contributed by atoms with E-state index in [1.54, 1.807) is 0 Å². The van der Waals surface area contributed by atoms with E-state index in [-0.39, 0.29) is 5.92 Å². The Bertz CT molecular complexity index is 565. The van der Waals surface area contributed by atoms with Gasteiger partial charge in [0.2, 0.25) is 0 Å². The number of unbranched alkanes of at least 4 members (excludes halogenated alkanes) is 3. The van der Waals surface area contributed by atoms with Crippen molar-refractivity contribution in [3.8, 4) is 0 Å². The molecule has 1 N–H and O–H groups in total. The van der Waals surface area contributed by atoms with Crippen LogP contribution in [0.4, 0.5) is 0 Å². The van der Waals surface area contributed by atoms with Gasteiger partial charge in [0, 0.05) is 19.0 Å². The van der Waals surface area contributed by atoms with Crippen molar-refractivity contribution >= 4 is 0 Å². The molecule has 128 valence electrons. The molecule has 0 bridgehead atoms. The van der Waals surface area contributed by atoms with Gasteiger partial charge < -0.3 is 10.0 Å². The van der Waals surface area contributed by atoms with Gasteiger partial charge in [-0.25, -0.2) is 0 Å². The molecule has 0 radical (unpaired) electrons. The number of likely N-dealkylation sites (tertiary alicyclic amines) is 1. The summed E-state index contributed by atoms with van der Waals surface area (Å²) in [6.07, 6.45) is 5.20. The van der Waals surface area contributed by atoms with Crippen LogP contribution in [0.1, 0.15) is 43.7 Å². The molecule has 0 spiro atoms. The monoisotopic (exact) mass is 323 g/mol. The molecule has 0 atom stereocenters. The largest absolute Gasteiger partial charge is 0.380 e. The Balaban J connectivity index is 1.72. The number of hydrogen-bond acceptors (Lipinski definition) is 2. The second-order valence-corrected chi connectivity index (χ2v) is 7.02. The Morgan fingerprint density at radius 1 is 0.875 bits per heavy atom. The van der Waals surface area contributed by atoms with Crippen molar-refractivity contribution in [3.63, 3.8) is 0 Å². The van der Waals surface area contributed by atoms with Crippen LogP contribution in [-0.4, -0.2) is 29.6 Å². The molecule has 2 aromatic carbocycles. The Labute approximate surface area is 146 Å². The van der Waals surface area contributed by atoms with E-state index < -0.39 is 5.60 Å². The fraction of sp³-hybridized carbons (Fsp3) is 0.455. The number of benzene rings is 2. The van der Waals surface area contributed by atoms with Gasteiger partial charge in [0.1, 0.15) is 5.60 Å². The third kappa shape index (κ3) is 3.55. The van der Waals surface area contributed by atoms with Gasteiger partial charge in [0.15, 0.2) is 0 Å². The first-order chi connectivity index (χ1) is 11.7. The van der Waals surface area contributed by atoms with Crippen molar-refractivity contribution in [3.05, 3.63) is 71.8 Å². The summed E-state index contributed by atoms with van der Waals surface area (Å²) in [5, 5.41) is 11.7. The van der Waals surface area contributed by atoms with E-state index in [4.69, 9.17) is 0 Å². The lowest BCUT2D eigenvalue weighted by Crippen LogP contribution is -2.57. The van der Waals surface area contributed by atoms with Gasteiger partial charge in [-0.15, -0.1) is 0 Å². The molecule has 1 heterocycles. The summed E-state index contributed by atoms with van der Waals surface area (Å²) in [6, 6.07) is 20.3. The highest BCUT2D eigenvalue weighted by atomic mass is 16.3. The first-order valence-electron chi connectivity index (χ1n) is 9.31. The van der Waals surface area contributed by atoms with E-state index in [0.29, 0.717) is 0 Å². The van der Waals surface area contributed by atoms with Crippen molar-refractivity contribution in [2.75, 3.05) is 19.6 Å². The Kier molecular flexibility index (Phi) is 5.70. The molecule has 24 heavy (non-hydrogen) atoms. The van der Waals surface area contributed by atoms with E-state index in [1.807, 2.05) is 36.4 Å². The number of aliphatic hydroxyl groups is 1. The summed E-state index contributed by atoms with van der Waals surface area (Å²) < 4.78 is 0. The van der Waals surface area contributed by atoms with Crippen molar-refractivity contribution in [1.82, 2.24) is 4.90 Å². The van der Waals surface area contributed by atoms with Crippen LogP contribution in [-0.2, 0) is 5.60 Å². The third-order valence-corrected chi connectivity index (χ3v) is 5.30. The Morgan fingerprint density at radius 3 is 1.92 bits per heavy atom. The summed E-state index contributed by atoms with van der Waals surface area (Å²) >= 11 is 0. The van der Waals surface area contributed by atoms with Crippen molar-refractivity contribution in [2.45, 2.75) is 38.2 Å². The molecule has 0 aromatic heterocycles. The van der Waals surface area contributed by atoms with E-state index in [9.17, 15) is 5.11 Å². The highest BCUT2D eigenvalue weighted by Gasteiger charge is 2.45. The lowest BCUT2D eigenvalue weighted by molar-refractivity contribution is -0.0641. The van der Waals surface area contributed by atoms with Crippen LogP contribution < -0.4 is 0 Å². The van der Waals surface area contributed by atoms with E-state index >= 15 is 0 Å². The van der Waals surface area contributed by atoms with Crippen LogP contribution in [0, 0.1) is 5.92 Å². The molecule has 1 saturated heterocycles. The highest BCUT2D eigenvalue weighted by Crippen LogP contribution is 2.41. The lowest BCUT2D eigenvalue weighted by atomic mass is 9.72. The zero-order valence-electron chi connectivity index (χ0n) is 14.7. The number of hydrogen-bond donors (Lipinski definition) is 1. The molecule has 1 fully saturated rings. The van der Waals surface area contributed by atoms with E-state index in [1.165, 1.54) is 25.7 Å². The number of nitrogens with zero attached hydrogens (tertiary/aromatic N) is 1. The van der Waals surface area contributed by atoms with Gasteiger partial charge >= 0.3 is 0 Å². The minimum Gasteiger partial charge on any atom is -0.380 e. The van der Waals surface area contributed by atoms with Gasteiger partial charge in [-0.3, -0.25) is 0 Å². The molecule has 2 heteroatoms. The van der Waals surface area contributed by atoms with Crippen molar-refractivity contribution in [1.29, 1.82) is 0 Å². The average molecular weight is 323 g/mol. The molecule has 0 amide bonds. The fourth-order valence-electron chi connectivity index (χ4n) is 3.80. The van der Waals surface area contributed by atoms with Crippen molar-refractivity contribution < 1.29 is 5.11 Å². The van der Waals surface area contributed by atoms with Gasteiger partial charge in [-0.1, -0.05) is 86.8 Å². The van der Waals surface area contributed by atoms with Crippen LogP contribution in [0.15, 0.2) is 60.7 Å². The number of rotatable bonds is 8. The second-order valence-electron chi connectivity index (χ2n) is 7.02. The first-order valence-corrected chi connectivity index (χ1v) is 9.31. The molecule has 2 aromatic rings. The third-order valence-electron chi connectivity index (χ3n) is 5.30. The molecule has 2 nitrogen and oxygen atoms in total. The molecule has 0 saturated carbocycles. The maximum atomic E-state index is 11.7. The lowest BCUT2D eigenvalue weighted by Gasteiger charge is -2.48. The van der Waals surface area contributed by atoms with Crippen LogP contribution in [0.2, 0.25) is 0 Å². The minimum atomic E-state index is -0.886. The maximum absolute atomic E-state index is 11.7. The van der Waals surface area contributed by atoms with Crippen molar-refractivity contribution in [2.24, 2.45) is 5.92 Å². The molecule has 0 unspecified atom stereocenters. The highest BCUT2D eigenvalue weighted by molar-refractivity contribution is 5.37. The van der Waals surface area contributed by atoms with Crippen LogP contribution >= 0.6 is 0 Å². The second kappa shape index (κ2) is 7.96. The summed E-state index contributed by atoms with van der Waals surface area (Å²) in [4.78, 5) is 2.48. The van der Waals surface area contributed by atoms with Crippen LogP contribution in [0.5, 0.6) is 0 Å². The topological polar surface area (TPSA) is 23.5 Å². The minimum absolute atomic E-state index is 0.258. The predicted octanol–water partition coefficient (Wildman–Crippen LogP) is 4.43. The Morgan fingerprint density at radius 2 is 1.42 bits per heavy atom. The smallest absolute Gasteiger partial charge is 0.120 e. The quantitative estimate of drug-likeness (QED) is 0.726. The molecule has 1 aliphatic rings. The zero-order chi connectivity index (χ0) is 16.8. The predicted molar refractivity (Wildman–Crippen MR) is 100.0 cm³/mol. The summed E-state index contributed by atoms with van der Waals surface area (Å²) in [6.45, 7) is 5.37. The standard InChI is InChI=1S/C22H29NO/c1-2-3-4-11-16-23-17-21(18-23)22(24,19-12-7-5-8-13-19)20-14-9-6-10-15-20/h5-10,12-15,21,24H,2-4,11,16-18H2,1H3. The summed E-state index contributed by atoms with van der Waals surface area (Å²) in [5.74, 6) is 0.258. The van der Waals surface area contributed by atoms with Gasteiger partial charge in [-0.2, -0.15) is 0 Å². The first kappa shape index (κ1) is 17.2. The van der Waals surface area contributed by atoms with Crippen LogP contribution in [0.25, 0.3) is 0 Å². The van der Waals surface area contributed by atoms with Gasteiger partial charge in [0.25, 0.3) is 0 Å². The van der Waals surface area contributed by atoms with E-state index in [0.717, 1.165) is 30.8 Å². The Hall–Kier alpha value is -1.64. The average Bonchev–Trinajstić information content (AvgIpc) is 2.61. The van der Waals surface area contributed by atoms with Gasteiger partial charge in [-0.05, 0) is 24.1 Å². The summed E-state index contributed by atoms with van der Waals surface area (Å²) in [5.41, 5.74) is 1.13. The van der Waals surface area contributed by atoms with Crippen LogP contribution in [0.3, 0.4) is 0 Å². The maximum Gasteiger partial charge on any atom is 0.120 e. The summed E-state index contributed by atoms with van der Waals surface area (Å²) in [7, 11) is 0. The fourth-order valence-corrected chi connectivity index (χ4v) is 3.80. The molecule has 0 aliphatic carbocycles. The molecular formula is C22H29NO. The van der Waals surface area contributed by atoms with Gasteiger partial charge in [0.05, 0.1) is 0 Å². The van der Waals surface area contributed by atoms with E-state index in [2.05, 4.69) is 36.1 Å². The SMILES string of the molecule is CCCCCCN1CC(C(O)(c2ccccc2)c2ccccc2)C1. The molecule has 1 aliphatic heterocycles. The molecular weight excluding hydrogens is 294 g/mol.